The summed E-state index contributed by atoms with van der Waals surface area (Å²) in [6, 6.07) is 68.7. The van der Waals surface area contributed by atoms with E-state index in [1.807, 2.05) is 109 Å². The molecule has 10 nitrogen and oxygen atoms in total. The van der Waals surface area contributed by atoms with Crippen LogP contribution in [0.2, 0.25) is 0 Å². The van der Waals surface area contributed by atoms with Crippen molar-refractivity contribution in [3.05, 3.63) is 206 Å². The lowest BCUT2D eigenvalue weighted by Crippen LogP contribution is -2.37. The highest BCUT2D eigenvalue weighted by molar-refractivity contribution is 5.67. The van der Waals surface area contributed by atoms with Crippen molar-refractivity contribution in [1.82, 2.24) is 0 Å². The van der Waals surface area contributed by atoms with Gasteiger partial charge in [-0.1, -0.05) is 36.4 Å². The zero-order valence-electron chi connectivity index (χ0n) is 40.5. The average molecular weight is 943 g/mol. The summed E-state index contributed by atoms with van der Waals surface area (Å²) in [4.78, 5) is 9.67. The molecule has 0 spiro atoms. The number of anilines is 10. The molecule has 0 aromatic heterocycles. The molecule has 2 aliphatic heterocycles. The van der Waals surface area contributed by atoms with E-state index in [2.05, 4.69) is 117 Å². The van der Waals surface area contributed by atoms with Gasteiger partial charge in [0.15, 0.2) is 0 Å². The highest BCUT2D eigenvalue weighted by Gasteiger charge is 2.26. The van der Waals surface area contributed by atoms with Gasteiger partial charge in [-0.3, -0.25) is 0 Å². The SMILES string of the molecule is Nc1ccc(N2CCC(CC3CCN(c4ccc(N)cc4)CC3)CC2)cc1.Nc1ccc(Oc2ccc(N(CCN(c3ccccc3)c3ccc(Oc4ccc(N)cc4)cc3)c3ccccc3)cc2)cc1. The van der Waals surface area contributed by atoms with E-state index in [-0.39, 0.29) is 0 Å². The Morgan fingerprint density at radius 1 is 0.338 bits per heavy atom. The quantitative estimate of drug-likeness (QED) is 0.0736. The minimum atomic E-state index is 0.707. The molecule has 8 N–H and O–H groups in total. The minimum absolute atomic E-state index is 0.707. The van der Waals surface area contributed by atoms with Gasteiger partial charge in [0, 0.05) is 96.1 Å². The second kappa shape index (κ2) is 23.4. The molecule has 0 amide bonds. The van der Waals surface area contributed by atoms with Gasteiger partial charge < -0.3 is 52.0 Å². The summed E-state index contributed by atoms with van der Waals surface area (Å²) >= 11 is 0. The molecule has 2 saturated heterocycles. The lowest BCUT2D eigenvalue weighted by atomic mass is 9.82. The van der Waals surface area contributed by atoms with Gasteiger partial charge in [-0.25, -0.2) is 0 Å². The molecular formula is C61H66N8O2. The number of piperidine rings is 2. The normalized spacial score (nSPS) is 14.0. The Morgan fingerprint density at radius 3 is 0.915 bits per heavy atom. The van der Waals surface area contributed by atoms with Gasteiger partial charge in [-0.05, 0) is 214 Å². The first-order valence-electron chi connectivity index (χ1n) is 24.9. The summed E-state index contributed by atoms with van der Waals surface area (Å²) in [5, 5.41) is 0. The summed E-state index contributed by atoms with van der Waals surface area (Å²) in [5.74, 6) is 4.80. The van der Waals surface area contributed by atoms with Crippen LogP contribution in [0.4, 0.5) is 56.9 Å². The fourth-order valence-corrected chi connectivity index (χ4v) is 9.66. The second-order valence-electron chi connectivity index (χ2n) is 18.6. The van der Waals surface area contributed by atoms with E-state index in [1.165, 1.54) is 69.7 Å². The molecule has 10 heteroatoms. The fraction of sp³-hybridized carbons (Fsp3) is 0.213. The molecule has 0 radical (unpaired) electrons. The van der Waals surface area contributed by atoms with Gasteiger partial charge >= 0.3 is 0 Å². The summed E-state index contributed by atoms with van der Waals surface area (Å²) in [5.41, 5.74) is 33.4. The van der Waals surface area contributed by atoms with Crippen molar-refractivity contribution in [2.24, 2.45) is 11.8 Å². The topological polar surface area (TPSA) is 136 Å². The Labute approximate surface area is 419 Å². The van der Waals surface area contributed by atoms with E-state index in [0.717, 1.165) is 82.0 Å². The Hall–Kier alpha value is -8.24. The Balaban J connectivity index is 0.000000197. The van der Waals surface area contributed by atoms with Crippen LogP contribution in [0, 0.1) is 11.8 Å². The predicted octanol–water partition coefficient (Wildman–Crippen LogP) is 13.8. The third kappa shape index (κ3) is 13.3. The van der Waals surface area contributed by atoms with Crippen LogP contribution in [-0.4, -0.2) is 39.3 Å². The predicted molar refractivity (Wildman–Crippen MR) is 298 cm³/mol. The van der Waals surface area contributed by atoms with Crippen molar-refractivity contribution < 1.29 is 9.47 Å². The van der Waals surface area contributed by atoms with Crippen LogP contribution in [0.5, 0.6) is 23.0 Å². The molecule has 8 aromatic carbocycles. The molecular weight excluding hydrogens is 877 g/mol. The number of rotatable bonds is 15. The molecule has 0 aliphatic carbocycles. The van der Waals surface area contributed by atoms with Crippen molar-refractivity contribution in [3.8, 4) is 23.0 Å². The van der Waals surface area contributed by atoms with Crippen LogP contribution in [-0.2, 0) is 0 Å². The third-order valence-electron chi connectivity index (χ3n) is 13.6. The van der Waals surface area contributed by atoms with E-state index >= 15 is 0 Å². The van der Waals surface area contributed by atoms with Gasteiger partial charge in [-0.15, -0.1) is 0 Å². The maximum atomic E-state index is 6.04. The van der Waals surface area contributed by atoms with Crippen LogP contribution in [0.3, 0.4) is 0 Å². The first-order chi connectivity index (χ1) is 34.8. The summed E-state index contributed by atoms with van der Waals surface area (Å²) in [6.07, 6.45) is 6.70. The molecule has 0 saturated carbocycles. The second-order valence-corrected chi connectivity index (χ2v) is 18.6. The number of hydrogen-bond acceptors (Lipinski definition) is 10. The monoisotopic (exact) mass is 943 g/mol. The molecule has 2 aliphatic rings. The Kier molecular flexibility index (Phi) is 15.7. The zero-order valence-corrected chi connectivity index (χ0v) is 40.5. The minimum Gasteiger partial charge on any atom is -0.457 e. The summed E-state index contributed by atoms with van der Waals surface area (Å²) in [7, 11) is 0. The van der Waals surface area contributed by atoms with Crippen molar-refractivity contribution in [2.45, 2.75) is 32.1 Å². The van der Waals surface area contributed by atoms with E-state index < -0.39 is 0 Å². The number of nitrogens with two attached hydrogens (primary N) is 4. The van der Waals surface area contributed by atoms with Crippen LogP contribution >= 0.6 is 0 Å². The van der Waals surface area contributed by atoms with Crippen molar-refractivity contribution >= 4 is 56.9 Å². The highest BCUT2D eigenvalue weighted by Crippen LogP contribution is 2.35. The molecule has 0 unspecified atom stereocenters. The van der Waals surface area contributed by atoms with Crippen LogP contribution < -0.4 is 52.0 Å². The number of nitrogen functional groups attached to an aromatic ring is 4. The molecule has 2 heterocycles. The molecule has 10 rings (SSSR count). The van der Waals surface area contributed by atoms with Crippen molar-refractivity contribution in [2.75, 3.05) is 81.8 Å². The molecule has 8 aromatic rings. The summed E-state index contributed by atoms with van der Waals surface area (Å²) < 4.78 is 12.1. The van der Waals surface area contributed by atoms with Gasteiger partial charge in [0.25, 0.3) is 0 Å². The lowest BCUT2D eigenvalue weighted by Gasteiger charge is -2.38. The van der Waals surface area contributed by atoms with Crippen LogP contribution in [0.25, 0.3) is 0 Å². The van der Waals surface area contributed by atoms with Crippen molar-refractivity contribution in [3.63, 3.8) is 0 Å². The molecule has 71 heavy (non-hydrogen) atoms. The largest absolute Gasteiger partial charge is 0.457 e. The van der Waals surface area contributed by atoms with Gasteiger partial charge in [0.05, 0.1) is 0 Å². The van der Waals surface area contributed by atoms with Crippen molar-refractivity contribution in [1.29, 1.82) is 0 Å². The highest BCUT2D eigenvalue weighted by atomic mass is 16.5. The average Bonchev–Trinajstić information content (AvgIpc) is 3.41. The summed E-state index contributed by atoms with van der Waals surface area (Å²) in [6.45, 7) is 6.19. The molecule has 0 bridgehead atoms. The number of benzene rings is 8. The molecule has 0 atom stereocenters. The maximum absolute atomic E-state index is 6.04. The smallest absolute Gasteiger partial charge is 0.127 e. The Morgan fingerprint density at radius 2 is 0.606 bits per heavy atom. The maximum Gasteiger partial charge on any atom is 0.127 e. The molecule has 362 valence electrons. The van der Waals surface area contributed by atoms with E-state index in [0.29, 0.717) is 11.4 Å². The number of hydrogen-bond donors (Lipinski definition) is 4. The van der Waals surface area contributed by atoms with E-state index in [4.69, 9.17) is 32.4 Å². The van der Waals surface area contributed by atoms with Crippen LogP contribution in [0.1, 0.15) is 32.1 Å². The first kappa shape index (κ1) is 47.8. The van der Waals surface area contributed by atoms with Crippen LogP contribution in [0.15, 0.2) is 206 Å². The third-order valence-corrected chi connectivity index (χ3v) is 13.6. The van der Waals surface area contributed by atoms with Gasteiger partial charge in [0.2, 0.25) is 0 Å². The van der Waals surface area contributed by atoms with Gasteiger partial charge in [0.1, 0.15) is 23.0 Å². The Bertz CT molecular complexity index is 2620. The van der Waals surface area contributed by atoms with E-state index in [1.54, 1.807) is 0 Å². The first-order valence-corrected chi connectivity index (χ1v) is 24.9. The number of para-hydroxylation sites is 2. The lowest BCUT2D eigenvalue weighted by molar-refractivity contribution is 0.279. The molecule has 2 fully saturated rings. The standard InChI is InChI=1S/C38H34N4O2.C23H32N4/c39-29-11-19-35(20-12-29)43-37-23-15-33(16-24-37)41(31-7-3-1-4-8-31)27-28-42(32-9-5-2-6-10-32)34-17-25-38(26-18-34)44-36-21-13-30(40)14-22-36;24-20-1-5-22(6-2-20)26-13-9-18(10-14-26)17-19-11-15-27(16-12-19)23-7-3-21(25)4-8-23/h1-26H,27-28,39-40H2;1-8,18-19H,9-17,24-25H2. The number of ether oxygens (including phenoxy) is 2. The van der Waals surface area contributed by atoms with Gasteiger partial charge in [-0.2, -0.15) is 0 Å². The van der Waals surface area contributed by atoms with E-state index in [9.17, 15) is 0 Å². The zero-order chi connectivity index (χ0) is 48.8. The number of nitrogens with zero attached hydrogens (tertiary/aromatic N) is 4. The fourth-order valence-electron chi connectivity index (χ4n) is 9.66.